The first-order valence-corrected chi connectivity index (χ1v) is 6.37. The molecule has 0 spiro atoms. The van der Waals surface area contributed by atoms with E-state index in [-0.39, 0.29) is 23.3 Å². The lowest BCUT2D eigenvalue weighted by Gasteiger charge is -2.25. The maximum absolute atomic E-state index is 12.1. The molecule has 18 heavy (non-hydrogen) atoms. The van der Waals surface area contributed by atoms with Gasteiger partial charge in [-0.25, -0.2) is 0 Å². The van der Waals surface area contributed by atoms with Crippen molar-refractivity contribution in [1.82, 2.24) is 5.32 Å². The number of nitrogens with one attached hydrogen (secondary N) is 1. The summed E-state index contributed by atoms with van der Waals surface area (Å²) in [6.07, 6.45) is 2.38. The summed E-state index contributed by atoms with van der Waals surface area (Å²) < 4.78 is 5.26. The van der Waals surface area contributed by atoms with E-state index in [1.807, 2.05) is 19.1 Å². The fourth-order valence-corrected chi connectivity index (χ4v) is 1.96. The van der Waals surface area contributed by atoms with Crippen LogP contribution in [0.15, 0.2) is 22.8 Å². The molecule has 0 aliphatic carbocycles. The van der Waals surface area contributed by atoms with Gasteiger partial charge in [0.2, 0.25) is 5.91 Å². The number of rotatable bonds is 5. The molecular formula is C14H24N2O2. The molecule has 0 fully saturated rings. The van der Waals surface area contributed by atoms with Gasteiger partial charge in [0, 0.05) is 6.54 Å². The summed E-state index contributed by atoms with van der Waals surface area (Å²) in [5.74, 6) is 0.605. The molecule has 0 aromatic carbocycles. The predicted molar refractivity (Wildman–Crippen MR) is 71.9 cm³/mol. The quantitative estimate of drug-likeness (QED) is 0.846. The number of hydrogen-bond donors (Lipinski definition) is 2. The van der Waals surface area contributed by atoms with Crippen LogP contribution in [0.25, 0.3) is 0 Å². The maximum atomic E-state index is 12.1. The van der Waals surface area contributed by atoms with E-state index in [4.69, 9.17) is 10.2 Å². The van der Waals surface area contributed by atoms with Crippen LogP contribution in [0, 0.1) is 11.3 Å². The van der Waals surface area contributed by atoms with Gasteiger partial charge in [-0.3, -0.25) is 4.79 Å². The van der Waals surface area contributed by atoms with Crippen LogP contribution in [0.1, 0.15) is 45.9 Å². The van der Waals surface area contributed by atoms with E-state index in [2.05, 4.69) is 26.1 Å². The highest BCUT2D eigenvalue weighted by Gasteiger charge is 2.25. The van der Waals surface area contributed by atoms with Gasteiger partial charge >= 0.3 is 0 Å². The molecule has 0 saturated heterocycles. The second kappa shape index (κ2) is 6.05. The molecule has 1 rings (SSSR count). The summed E-state index contributed by atoms with van der Waals surface area (Å²) in [5, 5.41) is 2.94. The van der Waals surface area contributed by atoms with Crippen molar-refractivity contribution in [2.45, 2.75) is 40.2 Å². The zero-order valence-corrected chi connectivity index (χ0v) is 11.7. The molecule has 0 saturated carbocycles. The first kappa shape index (κ1) is 14.8. The van der Waals surface area contributed by atoms with Gasteiger partial charge in [0.25, 0.3) is 0 Å². The smallest absolute Gasteiger partial charge is 0.224 e. The Morgan fingerprint density at radius 1 is 1.50 bits per heavy atom. The summed E-state index contributed by atoms with van der Waals surface area (Å²) in [4.78, 5) is 12.1. The van der Waals surface area contributed by atoms with Crippen molar-refractivity contribution in [3.63, 3.8) is 0 Å². The molecule has 0 aliphatic heterocycles. The normalized spacial score (nSPS) is 15.2. The zero-order chi connectivity index (χ0) is 13.8. The molecule has 0 radical (unpaired) electrons. The van der Waals surface area contributed by atoms with Gasteiger partial charge < -0.3 is 15.5 Å². The summed E-state index contributed by atoms with van der Waals surface area (Å²) >= 11 is 0. The summed E-state index contributed by atoms with van der Waals surface area (Å²) in [7, 11) is 0. The van der Waals surface area contributed by atoms with E-state index in [0.717, 1.165) is 12.2 Å². The van der Waals surface area contributed by atoms with E-state index in [0.29, 0.717) is 6.54 Å². The monoisotopic (exact) mass is 252 g/mol. The van der Waals surface area contributed by atoms with Crippen molar-refractivity contribution in [2.24, 2.45) is 17.1 Å². The van der Waals surface area contributed by atoms with Gasteiger partial charge in [-0.2, -0.15) is 0 Å². The fourth-order valence-electron chi connectivity index (χ4n) is 1.96. The largest absolute Gasteiger partial charge is 0.467 e. The molecular weight excluding hydrogens is 228 g/mol. The lowest BCUT2D eigenvalue weighted by molar-refractivity contribution is -0.126. The molecule has 2 atom stereocenters. The third kappa shape index (κ3) is 4.53. The van der Waals surface area contributed by atoms with E-state index < -0.39 is 0 Å². The number of nitrogens with two attached hydrogens (primary N) is 1. The third-order valence-corrected chi connectivity index (χ3v) is 2.84. The van der Waals surface area contributed by atoms with Gasteiger partial charge in [0.1, 0.15) is 5.76 Å². The predicted octanol–water partition coefficient (Wildman–Crippen LogP) is 2.47. The minimum atomic E-state index is -0.151. The van der Waals surface area contributed by atoms with Crippen molar-refractivity contribution >= 4 is 5.91 Å². The number of carbonyl (C=O) groups excluding carboxylic acids is 1. The first-order chi connectivity index (χ1) is 8.33. The van der Waals surface area contributed by atoms with Crippen LogP contribution in [0.3, 0.4) is 0 Å². The highest BCUT2D eigenvalue weighted by atomic mass is 16.3. The van der Waals surface area contributed by atoms with Crippen LogP contribution in [0.4, 0.5) is 0 Å². The lowest BCUT2D eigenvalue weighted by Crippen LogP contribution is -2.38. The molecule has 1 aromatic heterocycles. The Bertz CT molecular complexity index is 366. The Morgan fingerprint density at radius 2 is 2.17 bits per heavy atom. The van der Waals surface area contributed by atoms with E-state index in [1.54, 1.807) is 6.26 Å². The van der Waals surface area contributed by atoms with Crippen LogP contribution in [-0.4, -0.2) is 12.5 Å². The van der Waals surface area contributed by atoms with Gasteiger partial charge in [-0.1, -0.05) is 20.8 Å². The Kier molecular flexibility index (Phi) is 4.96. The Labute approximate surface area is 109 Å². The molecule has 1 heterocycles. The minimum absolute atomic E-state index is 0.00340. The Balaban J connectivity index is 2.57. The number of carbonyl (C=O) groups is 1. The molecule has 1 amide bonds. The van der Waals surface area contributed by atoms with Crippen LogP contribution in [0.5, 0.6) is 0 Å². The summed E-state index contributed by atoms with van der Waals surface area (Å²) in [6, 6.07) is 3.54. The molecule has 0 bridgehead atoms. The van der Waals surface area contributed by atoms with Crippen molar-refractivity contribution < 1.29 is 9.21 Å². The summed E-state index contributed by atoms with van der Waals surface area (Å²) in [6.45, 7) is 8.60. The highest BCUT2D eigenvalue weighted by molar-refractivity contribution is 5.79. The second-order valence-corrected chi connectivity index (χ2v) is 5.94. The molecule has 0 aliphatic rings. The molecule has 1 unspecified atom stereocenters. The van der Waals surface area contributed by atoms with Crippen molar-refractivity contribution in [1.29, 1.82) is 0 Å². The van der Waals surface area contributed by atoms with Gasteiger partial charge in [-0.15, -0.1) is 0 Å². The van der Waals surface area contributed by atoms with Crippen LogP contribution < -0.4 is 11.1 Å². The van der Waals surface area contributed by atoms with Crippen molar-refractivity contribution in [2.75, 3.05) is 6.54 Å². The fraction of sp³-hybridized carbons (Fsp3) is 0.643. The lowest BCUT2D eigenvalue weighted by atomic mass is 9.84. The van der Waals surface area contributed by atoms with E-state index in [9.17, 15) is 4.79 Å². The number of furan rings is 1. The molecule has 3 N–H and O–H groups in total. The van der Waals surface area contributed by atoms with Crippen LogP contribution in [-0.2, 0) is 4.79 Å². The zero-order valence-electron chi connectivity index (χ0n) is 11.7. The molecule has 4 heteroatoms. The summed E-state index contributed by atoms with van der Waals surface area (Å²) in [5.41, 5.74) is 5.78. The number of amides is 1. The van der Waals surface area contributed by atoms with Gasteiger partial charge in [0.15, 0.2) is 0 Å². The topological polar surface area (TPSA) is 68.3 Å². The van der Waals surface area contributed by atoms with E-state index in [1.165, 1.54) is 0 Å². The van der Waals surface area contributed by atoms with E-state index >= 15 is 0 Å². The minimum Gasteiger partial charge on any atom is -0.467 e. The van der Waals surface area contributed by atoms with Crippen molar-refractivity contribution in [3.8, 4) is 0 Å². The molecule has 102 valence electrons. The van der Waals surface area contributed by atoms with Crippen molar-refractivity contribution in [3.05, 3.63) is 24.2 Å². The average molecular weight is 252 g/mol. The average Bonchev–Trinajstić information content (AvgIpc) is 2.77. The molecule has 4 nitrogen and oxygen atoms in total. The SMILES string of the molecule is C[C@@H](NC(=O)C(CN)CC(C)(C)C)c1ccco1. The van der Waals surface area contributed by atoms with Gasteiger partial charge in [0.05, 0.1) is 18.2 Å². The Hall–Kier alpha value is -1.29. The van der Waals surface area contributed by atoms with Gasteiger partial charge in [-0.05, 0) is 30.9 Å². The first-order valence-electron chi connectivity index (χ1n) is 6.37. The third-order valence-electron chi connectivity index (χ3n) is 2.84. The number of hydrogen-bond acceptors (Lipinski definition) is 3. The maximum Gasteiger partial charge on any atom is 0.224 e. The second-order valence-electron chi connectivity index (χ2n) is 5.94. The van der Waals surface area contributed by atoms with Crippen LogP contribution in [0.2, 0.25) is 0 Å². The highest BCUT2D eigenvalue weighted by Crippen LogP contribution is 2.24. The molecule has 1 aromatic rings. The Morgan fingerprint density at radius 3 is 2.61 bits per heavy atom. The standard InChI is InChI=1S/C14H24N2O2/c1-10(12-6-5-7-18-12)16-13(17)11(9-15)8-14(2,3)4/h5-7,10-11H,8-9,15H2,1-4H3,(H,16,17)/t10-,11?/m1/s1. The van der Waals surface area contributed by atoms with Crippen LogP contribution >= 0.6 is 0 Å².